The van der Waals surface area contributed by atoms with Crippen molar-refractivity contribution >= 4 is 15.7 Å². The highest BCUT2D eigenvalue weighted by Gasteiger charge is 2.27. The summed E-state index contributed by atoms with van der Waals surface area (Å²) >= 11 is 0. The van der Waals surface area contributed by atoms with Crippen LogP contribution in [0.15, 0.2) is 24.3 Å². The molecule has 1 rings (SSSR count). The molecular formula is C14H21NO3S. The van der Waals surface area contributed by atoms with Crippen LogP contribution < -0.4 is 5.32 Å². The zero-order chi connectivity index (χ0) is 14.6. The van der Waals surface area contributed by atoms with Gasteiger partial charge in [-0.1, -0.05) is 38.1 Å². The van der Waals surface area contributed by atoms with Crippen molar-refractivity contribution in [1.29, 1.82) is 0 Å². The number of nitrogens with one attached hydrogen (secondary N) is 1. The van der Waals surface area contributed by atoms with Gasteiger partial charge in [-0.25, -0.2) is 8.42 Å². The molecule has 1 aromatic rings. The molecule has 0 aromatic heterocycles. The minimum atomic E-state index is -3.47. The molecule has 5 heteroatoms. The molecule has 0 radical (unpaired) electrons. The van der Waals surface area contributed by atoms with E-state index in [-0.39, 0.29) is 5.75 Å². The number of carbonyl (C=O) groups is 1. The molecule has 106 valence electrons. The summed E-state index contributed by atoms with van der Waals surface area (Å²) in [6.07, 6.45) is 0. The number of carbonyl (C=O) groups excluding carboxylic acids is 1. The van der Waals surface area contributed by atoms with Crippen molar-refractivity contribution in [2.45, 2.75) is 37.7 Å². The average Bonchev–Trinajstić information content (AvgIpc) is 2.37. The van der Waals surface area contributed by atoms with Crippen LogP contribution in [0.25, 0.3) is 0 Å². The van der Waals surface area contributed by atoms with E-state index in [0.29, 0.717) is 11.5 Å². The van der Waals surface area contributed by atoms with Gasteiger partial charge in [0.1, 0.15) is 5.25 Å². The molecule has 19 heavy (non-hydrogen) atoms. The second kappa shape index (κ2) is 6.19. The first-order chi connectivity index (χ1) is 8.77. The van der Waals surface area contributed by atoms with Crippen molar-refractivity contribution < 1.29 is 13.2 Å². The Morgan fingerprint density at radius 3 is 2.11 bits per heavy atom. The lowest BCUT2D eigenvalue weighted by Gasteiger charge is -2.12. The van der Waals surface area contributed by atoms with Crippen LogP contribution in [0.4, 0.5) is 0 Å². The minimum Gasteiger partial charge on any atom is -0.358 e. The molecular weight excluding hydrogens is 262 g/mol. The lowest BCUT2D eigenvalue weighted by molar-refractivity contribution is -0.119. The van der Waals surface area contributed by atoms with E-state index in [9.17, 15) is 13.2 Å². The highest BCUT2D eigenvalue weighted by Crippen LogP contribution is 2.17. The molecule has 1 N–H and O–H groups in total. The van der Waals surface area contributed by atoms with Crippen molar-refractivity contribution in [1.82, 2.24) is 5.32 Å². The molecule has 0 bridgehead atoms. The molecule has 0 aliphatic rings. The van der Waals surface area contributed by atoms with Gasteiger partial charge in [0.25, 0.3) is 0 Å². The fourth-order valence-corrected chi connectivity index (χ4v) is 3.07. The van der Waals surface area contributed by atoms with Crippen molar-refractivity contribution in [3.8, 4) is 0 Å². The maximum absolute atomic E-state index is 12.1. The zero-order valence-electron chi connectivity index (χ0n) is 11.8. The molecule has 0 unspecified atom stereocenters. The molecule has 1 aromatic carbocycles. The fourth-order valence-electron chi connectivity index (χ4n) is 1.72. The summed E-state index contributed by atoms with van der Waals surface area (Å²) < 4.78 is 24.1. The molecule has 0 saturated carbocycles. The Labute approximate surface area is 115 Å². The van der Waals surface area contributed by atoms with Crippen LogP contribution in [0.2, 0.25) is 0 Å². The van der Waals surface area contributed by atoms with Gasteiger partial charge in [0.05, 0.1) is 5.75 Å². The van der Waals surface area contributed by atoms with Crippen LogP contribution in [0.1, 0.15) is 37.8 Å². The maximum Gasteiger partial charge on any atom is 0.237 e. The lowest BCUT2D eigenvalue weighted by atomic mass is 10.0. The highest BCUT2D eigenvalue weighted by molar-refractivity contribution is 7.92. The second-order valence-corrected chi connectivity index (χ2v) is 7.28. The van der Waals surface area contributed by atoms with Crippen LogP contribution in [0.5, 0.6) is 0 Å². The smallest absolute Gasteiger partial charge is 0.237 e. The predicted molar refractivity (Wildman–Crippen MR) is 76.7 cm³/mol. The first-order valence-corrected chi connectivity index (χ1v) is 8.01. The monoisotopic (exact) mass is 283 g/mol. The van der Waals surface area contributed by atoms with Gasteiger partial charge in [-0.05, 0) is 24.0 Å². The van der Waals surface area contributed by atoms with Gasteiger partial charge < -0.3 is 5.32 Å². The van der Waals surface area contributed by atoms with E-state index in [1.165, 1.54) is 19.5 Å². The summed E-state index contributed by atoms with van der Waals surface area (Å²) in [6.45, 7) is 5.58. The summed E-state index contributed by atoms with van der Waals surface area (Å²) in [7, 11) is -2.03. The van der Waals surface area contributed by atoms with Crippen molar-refractivity contribution in [2.75, 3.05) is 7.05 Å². The molecule has 0 aliphatic carbocycles. The molecule has 1 amide bonds. The van der Waals surface area contributed by atoms with E-state index in [0.717, 1.165) is 0 Å². The summed E-state index contributed by atoms with van der Waals surface area (Å²) in [6, 6.07) is 7.48. The van der Waals surface area contributed by atoms with E-state index in [2.05, 4.69) is 19.2 Å². The van der Waals surface area contributed by atoms with Gasteiger partial charge in [0.2, 0.25) is 5.91 Å². The highest BCUT2D eigenvalue weighted by atomic mass is 32.2. The normalized spacial score (nSPS) is 13.3. The first kappa shape index (κ1) is 15.7. The van der Waals surface area contributed by atoms with E-state index in [4.69, 9.17) is 0 Å². The molecule has 0 saturated heterocycles. The first-order valence-electron chi connectivity index (χ1n) is 6.30. The number of hydrogen-bond donors (Lipinski definition) is 1. The average molecular weight is 283 g/mol. The van der Waals surface area contributed by atoms with Crippen LogP contribution >= 0.6 is 0 Å². The Bertz CT molecular complexity index is 532. The third-order valence-corrected chi connectivity index (χ3v) is 5.20. The van der Waals surface area contributed by atoms with Gasteiger partial charge in [0.15, 0.2) is 9.84 Å². The Morgan fingerprint density at radius 1 is 1.16 bits per heavy atom. The standard InChI is InChI=1S/C14H21NO3S/c1-10(2)13-7-5-12(6-8-13)9-19(17,18)11(3)14(16)15-4/h5-8,10-11H,9H2,1-4H3,(H,15,16)/t11-/m0/s1. The van der Waals surface area contributed by atoms with E-state index >= 15 is 0 Å². The molecule has 1 atom stereocenters. The Hall–Kier alpha value is -1.36. The van der Waals surface area contributed by atoms with Gasteiger partial charge in [-0.3, -0.25) is 4.79 Å². The Kier molecular flexibility index (Phi) is 5.11. The molecule has 0 aliphatic heterocycles. The van der Waals surface area contributed by atoms with Crippen LogP contribution in [0.3, 0.4) is 0 Å². The third-order valence-electron chi connectivity index (χ3n) is 3.17. The van der Waals surface area contributed by atoms with Crippen LogP contribution in [0, 0.1) is 0 Å². The maximum atomic E-state index is 12.1. The number of hydrogen-bond acceptors (Lipinski definition) is 3. The topological polar surface area (TPSA) is 63.2 Å². The van der Waals surface area contributed by atoms with Gasteiger partial charge >= 0.3 is 0 Å². The number of rotatable bonds is 5. The van der Waals surface area contributed by atoms with Crippen LogP contribution in [-0.2, 0) is 20.4 Å². The minimum absolute atomic E-state index is 0.111. The Balaban J connectivity index is 2.87. The SMILES string of the molecule is CNC(=O)[C@H](C)S(=O)(=O)Cc1ccc(C(C)C)cc1. The van der Waals surface area contributed by atoms with Gasteiger partial charge in [0, 0.05) is 7.05 Å². The lowest BCUT2D eigenvalue weighted by Crippen LogP contribution is -2.36. The summed E-state index contributed by atoms with van der Waals surface area (Å²) in [5, 5.41) is 1.34. The van der Waals surface area contributed by atoms with Gasteiger partial charge in [-0.2, -0.15) is 0 Å². The van der Waals surface area contributed by atoms with Crippen molar-refractivity contribution in [3.63, 3.8) is 0 Å². The summed E-state index contributed by atoms with van der Waals surface area (Å²) in [5.41, 5.74) is 1.88. The number of amides is 1. The summed E-state index contributed by atoms with van der Waals surface area (Å²) in [5.74, 6) is -0.172. The quantitative estimate of drug-likeness (QED) is 0.897. The zero-order valence-corrected chi connectivity index (χ0v) is 12.6. The van der Waals surface area contributed by atoms with E-state index in [1.54, 1.807) is 0 Å². The third kappa shape index (κ3) is 4.06. The summed E-state index contributed by atoms with van der Waals surface area (Å²) in [4.78, 5) is 11.4. The molecule has 4 nitrogen and oxygen atoms in total. The number of benzene rings is 1. The fraction of sp³-hybridized carbons (Fsp3) is 0.500. The second-order valence-electron chi connectivity index (χ2n) is 4.96. The van der Waals surface area contributed by atoms with Crippen LogP contribution in [-0.4, -0.2) is 26.6 Å². The predicted octanol–water partition coefficient (Wildman–Crippen LogP) is 1.86. The number of sulfone groups is 1. The largest absolute Gasteiger partial charge is 0.358 e. The Morgan fingerprint density at radius 2 is 1.68 bits per heavy atom. The van der Waals surface area contributed by atoms with Gasteiger partial charge in [-0.15, -0.1) is 0 Å². The van der Waals surface area contributed by atoms with Crippen molar-refractivity contribution in [2.24, 2.45) is 0 Å². The molecule has 0 spiro atoms. The van der Waals surface area contributed by atoms with E-state index in [1.807, 2.05) is 24.3 Å². The van der Waals surface area contributed by atoms with E-state index < -0.39 is 21.0 Å². The van der Waals surface area contributed by atoms with Crippen molar-refractivity contribution in [3.05, 3.63) is 35.4 Å². The molecule has 0 heterocycles. The molecule has 0 fully saturated rings.